The fourth-order valence-electron chi connectivity index (χ4n) is 4.82. The van der Waals surface area contributed by atoms with Crippen LogP contribution < -0.4 is 5.73 Å². The zero-order valence-electron chi connectivity index (χ0n) is 16.5. The van der Waals surface area contributed by atoms with Gasteiger partial charge < -0.3 is 15.5 Å². The van der Waals surface area contributed by atoms with Gasteiger partial charge in [0.1, 0.15) is 0 Å². The van der Waals surface area contributed by atoms with E-state index < -0.39 is 0 Å². The Morgan fingerprint density at radius 3 is 2.57 bits per heavy atom. The van der Waals surface area contributed by atoms with Crippen molar-refractivity contribution in [3.8, 4) is 0 Å². The van der Waals surface area contributed by atoms with Crippen LogP contribution in [0.2, 0.25) is 0 Å². The van der Waals surface area contributed by atoms with E-state index in [0.717, 1.165) is 51.5 Å². The molecule has 0 radical (unpaired) electrons. The van der Waals surface area contributed by atoms with Crippen LogP contribution in [0.3, 0.4) is 0 Å². The number of carbonyl (C=O) groups is 2. The van der Waals surface area contributed by atoms with Gasteiger partial charge in [-0.25, -0.2) is 4.68 Å². The van der Waals surface area contributed by atoms with Crippen LogP contribution in [0.4, 0.5) is 0 Å². The van der Waals surface area contributed by atoms with E-state index in [1.807, 2.05) is 14.5 Å². The van der Waals surface area contributed by atoms with Crippen molar-refractivity contribution in [2.45, 2.75) is 70.0 Å². The van der Waals surface area contributed by atoms with Crippen molar-refractivity contribution in [1.29, 1.82) is 0 Å². The molecular weight excluding hydrogens is 380 g/mol. The van der Waals surface area contributed by atoms with Crippen LogP contribution in [0.25, 0.3) is 0 Å². The summed E-state index contributed by atoms with van der Waals surface area (Å²) in [7, 11) is 0. The molecule has 0 spiro atoms. The molecule has 9 heteroatoms. The second-order valence-electron chi connectivity index (χ2n) is 8.32. The molecule has 5 rings (SSSR count). The molecule has 2 atom stereocenters. The lowest BCUT2D eigenvalue weighted by molar-refractivity contribution is -0.139. The predicted octanol–water partition coefficient (Wildman–Crippen LogP) is 1.62. The van der Waals surface area contributed by atoms with Crippen molar-refractivity contribution >= 4 is 24.2 Å². The number of piperidine rings is 1. The fourth-order valence-corrected chi connectivity index (χ4v) is 4.82. The van der Waals surface area contributed by atoms with Crippen LogP contribution in [-0.2, 0) is 4.79 Å². The van der Waals surface area contributed by atoms with Gasteiger partial charge >= 0.3 is 0 Å². The number of carbonyl (C=O) groups excluding carboxylic acids is 2. The van der Waals surface area contributed by atoms with Gasteiger partial charge in [-0.15, -0.1) is 17.5 Å². The number of nitrogens with two attached hydrogens (primary N) is 1. The standard InChI is InChI=1S/C19H30N6O2.ClH/c1-2-9-24-16-6-3-13(18(24)26)10-23(11-16)19(27)17-12-25(22-21-17)15-7-4-14(20)5-8-15;/h12-16H,2-11,20H2,1H3;1H/t13-,14?,15?,16+;/m0./s1. The van der Waals surface area contributed by atoms with E-state index in [4.69, 9.17) is 5.73 Å². The maximum absolute atomic E-state index is 13.1. The van der Waals surface area contributed by atoms with Crippen molar-refractivity contribution in [3.05, 3.63) is 11.9 Å². The van der Waals surface area contributed by atoms with Gasteiger partial charge in [-0.3, -0.25) is 9.59 Å². The Balaban J connectivity index is 0.00000225. The highest BCUT2D eigenvalue weighted by Gasteiger charge is 2.42. The van der Waals surface area contributed by atoms with Gasteiger partial charge in [-0.2, -0.15) is 0 Å². The average Bonchev–Trinajstić information content (AvgIpc) is 3.00. The first-order valence-corrected chi connectivity index (χ1v) is 10.3. The molecule has 2 amide bonds. The third-order valence-electron chi connectivity index (χ3n) is 6.39. The molecule has 2 N–H and O–H groups in total. The lowest BCUT2D eigenvalue weighted by Gasteiger charge is -2.35. The monoisotopic (exact) mass is 410 g/mol. The summed E-state index contributed by atoms with van der Waals surface area (Å²) in [5.74, 6) is 0.0385. The lowest BCUT2D eigenvalue weighted by Crippen LogP contribution is -2.48. The zero-order valence-corrected chi connectivity index (χ0v) is 17.3. The van der Waals surface area contributed by atoms with Crippen molar-refractivity contribution in [3.63, 3.8) is 0 Å². The second-order valence-corrected chi connectivity index (χ2v) is 8.32. The first kappa shape index (κ1) is 21.0. The third-order valence-corrected chi connectivity index (χ3v) is 6.39. The Morgan fingerprint density at radius 1 is 1.14 bits per heavy atom. The van der Waals surface area contributed by atoms with Crippen molar-refractivity contribution < 1.29 is 9.59 Å². The summed E-state index contributed by atoms with van der Waals surface area (Å²) < 4.78 is 1.83. The number of nitrogens with zero attached hydrogens (tertiary/aromatic N) is 5. The summed E-state index contributed by atoms with van der Waals surface area (Å²) in [6, 6.07) is 0.692. The van der Waals surface area contributed by atoms with E-state index in [2.05, 4.69) is 17.2 Å². The fraction of sp³-hybridized carbons (Fsp3) is 0.789. The third kappa shape index (κ3) is 4.03. The number of aromatic nitrogens is 3. The number of hydrogen-bond donors (Lipinski definition) is 1. The minimum Gasteiger partial charge on any atom is -0.338 e. The largest absolute Gasteiger partial charge is 0.338 e. The summed E-state index contributed by atoms with van der Waals surface area (Å²) in [5.41, 5.74) is 6.37. The van der Waals surface area contributed by atoms with Crippen molar-refractivity contribution in [1.82, 2.24) is 24.8 Å². The maximum atomic E-state index is 13.1. The molecule has 156 valence electrons. The Labute approximate surface area is 172 Å². The van der Waals surface area contributed by atoms with Crippen LogP contribution in [0.15, 0.2) is 6.20 Å². The molecule has 1 aromatic heterocycles. The maximum Gasteiger partial charge on any atom is 0.276 e. The van der Waals surface area contributed by atoms with Gasteiger partial charge in [0.05, 0.1) is 18.2 Å². The summed E-state index contributed by atoms with van der Waals surface area (Å²) in [6.45, 7) is 3.97. The highest BCUT2D eigenvalue weighted by Crippen LogP contribution is 2.30. The molecular formula is C19H31ClN6O2. The Bertz CT molecular complexity index is 702. The van der Waals surface area contributed by atoms with Gasteiger partial charge in [0.2, 0.25) is 5.91 Å². The SMILES string of the molecule is CCCN1C(=O)[C@H]2CC[C@@H]1CN(C(=O)c1cn(C3CCC(N)CC3)nn1)C2.Cl. The molecule has 4 fully saturated rings. The molecule has 28 heavy (non-hydrogen) atoms. The van der Waals surface area contributed by atoms with E-state index in [1.165, 1.54) is 0 Å². The smallest absolute Gasteiger partial charge is 0.276 e. The first-order valence-electron chi connectivity index (χ1n) is 10.3. The number of rotatable bonds is 4. The van der Waals surface area contributed by atoms with E-state index in [-0.39, 0.29) is 48.3 Å². The molecule has 4 aliphatic rings. The van der Waals surface area contributed by atoms with E-state index in [1.54, 1.807) is 6.20 Å². The Kier molecular flexibility index (Phi) is 6.60. The van der Waals surface area contributed by atoms with E-state index in [0.29, 0.717) is 18.8 Å². The van der Waals surface area contributed by atoms with Gasteiger partial charge in [0, 0.05) is 31.7 Å². The van der Waals surface area contributed by atoms with Gasteiger partial charge in [-0.1, -0.05) is 12.1 Å². The molecule has 1 saturated carbocycles. The molecule has 0 aromatic carbocycles. The zero-order chi connectivity index (χ0) is 19.0. The van der Waals surface area contributed by atoms with E-state index in [9.17, 15) is 9.59 Å². The summed E-state index contributed by atoms with van der Waals surface area (Å²) in [5, 5.41) is 8.37. The van der Waals surface area contributed by atoms with Gasteiger partial charge in [0.25, 0.3) is 5.91 Å². The lowest BCUT2D eigenvalue weighted by atomic mass is 9.92. The normalized spacial score (nSPS) is 30.1. The topological polar surface area (TPSA) is 97.4 Å². The number of amides is 2. The molecule has 0 unspecified atom stereocenters. The quantitative estimate of drug-likeness (QED) is 0.813. The molecule has 4 heterocycles. The van der Waals surface area contributed by atoms with Gasteiger partial charge in [-0.05, 0) is 44.9 Å². The number of fused-ring (bicyclic) bond motifs is 4. The molecule has 1 aliphatic carbocycles. The molecule has 8 nitrogen and oxygen atoms in total. The molecule has 3 saturated heterocycles. The van der Waals surface area contributed by atoms with Gasteiger partial charge in [0.15, 0.2) is 5.69 Å². The molecule has 3 aliphatic heterocycles. The van der Waals surface area contributed by atoms with Crippen LogP contribution in [0.1, 0.15) is 68.4 Å². The highest BCUT2D eigenvalue weighted by atomic mass is 35.5. The van der Waals surface area contributed by atoms with Crippen molar-refractivity contribution in [2.75, 3.05) is 19.6 Å². The highest BCUT2D eigenvalue weighted by molar-refractivity contribution is 5.93. The van der Waals surface area contributed by atoms with E-state index >= 15 is 0 Å². The van der Waals surface area contributed by atoms with Crippen LogP contribution in [-0.4, -0.2) is 68.3 Å². The average molecular weight is 411 g/mol. The molecule has 1 aromatic rings. The summed E-state index contributed by atoms with van der Waals surface area (Å²) in [6.07, 6.45) is 8.51. The summed E-state index contributed by atoms with van der Waals surface area (Å²) in [4.78, 5) is 29.5. The number of halogens is 1. The minimum atomic E-state index is -0.100. The van der Waals surface area contributed by atoms with Crippen LogP contribution in [0.5, 0.6) is 0 Å². The minimum absolute atomic E-state index is 0. The molecule has 2 bridgehead atoms. The van der Waals surface area contributed by atoms with Crippen LogP contribution in [0, 0.1) is 5.92 Å². The Morgan fingerprint density at radius 2 is 1.86 bits per heavy atom. The number of hydrogen-bond acceptors (Lipinski definition) is 5. The second kappa shape index (κ2) is 8.78. The first-order chi connectivity index (χ1) is 13.1. The van der Waals surface area contributed by atoms with Crippen molar-refractivity contribution in [2.24, 2.45) is 11.7 Å². The Hall–Kier alpha value is -1.67. The summed E-state index contributed by atoms with van der Waals surface area (Å²) >= 11 is 0. The van der Waals surface area contributed by atoms with Crippen LogP contribution >= 0.6 is 12.4 Å². The predicted molar refractivity (Wildman–Crippen MR) is 107 cm³/mol.